The second kappa shape index (κ2) is 8.56. The Hall–Kier alpha value is -1.75. The first-order chi connectivity index (χ1) is 12.1. The summed E-state index contributed by atoms with van der Waals surface area (Å²) in [6.07, 6.45) is 3.43. The molecule has 2 heterocycles. The Morgan fingerprint density at radius 1 is 1.24 bits per heavy atom. The van der Waals surface area contributed by atoms with Gasteiger partial charge in [-0.15, -0.1) is 0 Å². The standard InChI is InChI=1S/C20H27N3OS/c1-15(2)25-14-18-13-19(24)22-20(21-18)23-10-8-17(9-11-23)12-16-6-4-3-5-7-16/h3-7,13,15,17H,8-12,14H2,1-2H3,(H,21,22,24). The lowest BCUT2D eigenvalue weighted by atomic mass is 9.90. The van der Waals surface area contributed by atoms with E-state index in [0.29, 0.717) is 11.2 Å². The molecule has 1 saturated heterocycles. The Morgan fingerprint density at radius 3 is 2.64 bits per heavy atom. The van der Waals surface area contributed by atoms with Crippen molar-refractivity contribution in [1.82, 2.24) is 9.97 Å². The smallest absolute Gasteiger partial charge is 0.252 e. The summed E-state index contributed by atoms with van der Waals surface area (Å²) < 4.78 is 0. The first kappa shape index (κ1) is 18.1. The number of H-pyrrole nitrogens is 1. The lowest BCUT2D eigenvalue weighted by Crippen LogP contribution is -2.36. The van der Waals surface area contributed by atoms with Crippen LogP contribution in [-0.2, 0) is 12.2 Å². The summed E-state index contributed by atoms with van der Waals surface area (Å²) in [6.45, 7) is 6.24. The highest BCUT2D eigenvalue weighted by atomic mass is 32.2. The van der Waals surface area contributed by atoms with Gasteiger partial charge in [0.1, 0.15) is 0 Å². The van der Waals surface area contributed by atoms with Gasteiger partial charge in [0.15, 0.2) is 0 Å². The monoisotopic (exact) mass is 357 g/mol. The van der Waals surface area contributed by atoms with Crippen LogP contribution in [-0.4, -0.2) is 28.3 Å². The fourth-order valence-electron chi connectivity index (χ4n) is 3.27. The quantitative estimate of drug-likeness (QED) is 0.852. The maximum absolute atomic E-state index is 12.0. The minimum Gasteiger partial charge on any atom is -0.342 e. The van der Waals surface area contributed by atoms with Gasteiger partial charge < -0.3 is 4.90 Å². The highest BCUT2D eigenvalue weighted by Crippen LogP contribution is 2.24. The summed E-state index contributed by atoms with van der Waals surface area (Å²) in [4.78, 5) is 21.8. The molecule has 0 radical (unpaired) electrons. The van der Waals surface area contributed by atoms with Gasteiger partial charge in [-0.1, -0.05) is 44.2 Å². The molecule has 1 aromatic heterocycles. The van der Waals surface area contributed by atoms with Crippen molar-refractivity contribution in [3.05, 3.63) is 58.0 Å². The van der Waals surface area contributed by atoms with Gasteiger partial charge in [0.25, 0.3) is 5.56 Å². The first-order valence-corrected chi connectivity index (χ1v) is 10.2. The predicted molar refractivity (Wildman–Crippen MR) is 106 cm³/mol. The van der Waals surface area contributed by atoms with E-state index in [0.717, 1.165) is 49.7 Å². The molecule has 5 heteroatoms. The van der Waals surface area contributed by atoms with Gasteiger partial charge in [-0.3, -0.25) is 9.78 Å². The Kier molecular flexibility index (Phi) is 6.19. The van der Waals surface area contributed by atoms with Crippen LogP contribution in [0.15, 0.2) is 41.2 Å². The number of nitrogens with zero attached hydrogens (tertiary/aromatic N) is 2. The minimum absolute atomic E-state index is 0.0456. The maximum Gasteiger partial charge on any atom is 0.252 e. The number of aromatic amines is 1. The van der Waals surface area contributed by atoms with Crippen molar-refractivity contribution in [2.75, 3.05) is 18.0 Å². The zero-order chi connectivity index (χ0) is 17.6. The van der Waals surface area contributed by atoms with Gasteiger partial charge in [0.2, 0.25) is 5.95 Å². The average Bonchev–Trinajstić information content (AvgIpc) is 2.61. The number of thioether (sulfide) groups is 1. The summed E-state index contributed by atoms with van der Waals surface area (Å²) in [6, 6.07) is 12.3. The number of piperidine rings is 1. The van der Waals surface area contributed by atoms with Crippen molar-refractivity contribution >= 4 is 17.7 Å². The van der Waals surface area contributed by atoms with Crippen molar-refractivity contribution in [2.45, 2.75) is 44.1 Å². The Labute approximate surface area is 154 Å². The molecule has 0 amide bonds. The number of nitrogens with one attached hydrogen (secondary N) is 1. The molecule has 1 aliphatic rings. The van der Waals surface area contributed by atoms with Crippen molar-refractivity contribution in [3.8, 4) is 0 Å². The van der Waals surface area contributed by atoms with Gasteiger partial charge in [-0.05, 0) is 36.0 Å². The number of hydrogen-bond donors (Lipinski definition) is 1. The summed E-state index contributed by atoms with van der Waals surface area (Å²) in [7, 11) is 0. The van der Waals surface area contributed by atoms with Crippen LogP contribution in [0.2, 0.25) is 0 Å². The molecule has 0 bridgehead atoms. The highest BCUT2D eigenvalue weighted by molar-refractivity contribution is 7.99. The van der Waals surface area contributed by atoms with Gasteiger partial charge in [0, 0.05) is 24.9 Å². The van der Waals surface area contributed by atoms with E-state index in [4.69, 9.17) is 0 Å². The summed E-state index contributed by atoms with van der Waals surface area (Å²) >= 11 is 1.82. The Morgan fingerprint density at radius 2 is 1.96 bits per heavy atom. The normalized spacial score (nSPS) is 15.7. The molecule has 0 aliphatic carbocycles. The Bertz CT molecular complexity index is 721. The van der Waals surface area contributed by atoms with Crippen LogP contribution in [0.5, 0.6) is 0 Å². The second-order valence-corrected chi connectivity index (χ2v) is 8.61. The van der Waals surface area contributed by atoms with Crippen LogP contribution in [0.4, 0.5) is 5.95 Å². The van der Waals surface area contributed by atoms with Crippen molar-refractivity contribution in [2.24, 2.45) is 5.92 Å². The van der Waals surface area contributed by atoms with Crippen LogP contribution in [0.3, 0.4) is 0 Å². The van der Waals surface area contributed by atoms with E-state index < -0.39 is 0 Å². The lowest BCUT2D eigenvalue weighted by molar-refractivity contribution is 0.400. The van der Waals surface area contributed by atoms with Crippen LogP contribution in [0.25, 0.3) is 0 Å². The zero-order valence-electron chi connectivity index (χ0n) is 15.1. The zero-order valence-corrected chi connectivity index (χ0v) is 15.9. The molecule has 134 valence electrons. The van der Waals surface area contributed by atoms with Crippen molar-refractivity contribution in [3.63, 3.8) is 0 Å². The van der Waals surface area contributed by atoms with E-state index in [1.165, 1.54) is 5.56 Å². The van der Waals surface area contributed by atoms with Gasteiger partial charge >= 0.3 is 0 Å². The molecule has 0 unspecified atom stereocenters. The molecule has 3 rings (SSSR count). The fraction of sp³-hybridized carbons (Fsp3) is 0.500. The predicted octanol–water partition coefficient (Wildman–Crippen LogP) is 3.87. The van der Waals surface area contributed by atoms with Crippen LogP contribution < -0.4 is 10.5 Å². The van der Waals surface area contributed by atoms with Gasteiger partial charge in [0.05, 0.1) is 5.69 Å². The van der Waals surface area contributed by atoms with Crippen molar-refractivity contribution < 1.29 is 0 Å². The second-order valence-electron chi connectivity index (χ2n) is 7.04. The number of hydrogen-bond acceptors (Lipinski definition) is 4. The molecule has 25 heavy (non-hydrogen) atoms. The molecule has 1 aromatic carbocycles. The van der Waals surface area contributed by atoms with E-state index in [-0.39, 0.29) is 5.56 Å². The van der Waals surface area contributed by atoms with E-state index in [2.05, 4.69) is 59.0 Å². The third-order valence-corrected chi connectivity index (χ3v) is 5.76. The number of rotatable bonds is 6. The van der Waals surface area contributed by atoms with E-state index in [1.54, 1.807) is 6.07 Å². The summed E-state index contributed by atoms with van der Waals surface area (Å²) in [5.74, 6) is 2.24. The highest BCUT2D eigenvalue weighted by Gasteiger charge is 2.21. The van der Waals surface area contributed by atoms with Gasteiger partial charge in [-0.25, -0.2) is 4.98 Å². The molecular formula is C20H27N3OS. The molecule has 1 fully saturated rings. The number of anilines is 1. The van der Waals surface area contributed by atoms with E-state index >= 15 is 0 Å². The molecular weight excluding hydrogens is 330 g/mol. The fourth-order valence-corrected chi connectivity index (χ4v) is 3.92. The largest absolute Gasteiger partial charge is 0.342 e. The summed E-state index contributed by atoms with van der Waals surface area (Å²) in [5, 5.41) is 0.540. The molecule has 1 aliphatic heterocycles. The first-order valence-electron chi connectivity index (χ1n) is 9.11. The van der Waals surface area contributed by atoms with Crippen LogP contribution >= 0.6 is 11.8 Å². The molecule has 1 N–H and O–H groups in total. The van der Waals surface area contributed by atoms with E-state index in [1.807, 2.05) is 11.8 Å². The maximum atomic E-state index is 12.0. The minimum atomic E-state index is -0.0456. The molecule has 0 saturated carbocycles. The molecule has 0 spiro atoms. The summed E-state index contributed by atoms with van der Waals surface area (Å²) in [5.41, 5.74) is 2.25. The third kappa shape index (κ3) is 5.36. The number of benzene rings is 1. The molecule has 2 aromatic rings. The third-order valence-electron chi connectivity index (χ3n) is 4.63. The molecule has 4 nitrogen and oxygen atoms in total. The van der Waals surface area contributed by atoms with Crippen LogP contribution in [0.1, 0.15) is 37.9 Å². The average molecular weight is 358 g/mol. The Balaban J connectivity index is 1.59. The van der Waals surface area contributed by atoms with Gasteiger partial charge in [-0.2, -0.15) is 11.8 Å². The van der Waals surface area contributed by atoms with E-state index in [9.17, 15) is 4.79 Å². The number of aromatic nitrogens is 2. The molecule has 0 atom stereocenters. The SMILES string of the molecule is CC(C)SCc1cc(=O)[nH]c(N2CCC(Cc3ccccc3)CC2)n1. The topological polar surface area (TPSA) is 49.0 Å². The lowest BCUT2D eigenvalue weighted by Gasteiger charge is -2.32. The van der Waals surface area contributed by atoms with Crippen molar-refractivity contribution in [1.29, 1.82) is 0 Å². The van der Waals surface area contributed by atoms with Crippen LogP contribution in [0, 0.1) is 5.92 Å².